The van der Waals surface area contributed by atoms with Gasteiger partial charge in [-0.15, -0.1) is 0 Å². The van der Waals surface area contributed by atoms with Crippen LogP contribution in [0.5, 0.6) is 0 Å². The van der Waals surface area contributed by atoms with Gasteiger partial charge < -0.3 is 10.6 Å². The zero-order valence-electron chi connectivity index (χ0n) is 12.4. The van der Waals surface area contributed by atoms with Crippen molar-refractivity contribution in [3.63, 3.8) is 0 Å². The van der Waals surface area contributed by atoms with Crippen molar-refractivity contribution in [1.82, 2.24) is 0 Å². The summed E-state index contributed by atoms with van der Waals surface area (Å²) in [6.45, 7) is 6.17. The highest BCUT2D eigenvalue weighted by molar-refractivity contribution is 5.48. The quantitative estimate of drug-likeness (QED) is 0.870. The number of likely N-dealkylation sites (N-methyl/N-ethyl adjacent to an activating group) is 1. The van der Waals surface area contributed by atoms with Crippen molar-refractivity contribution in [2.45, 2.75) is 26.3 Å². The number of anilines is 1. The number of hydrogen-bond donors (Lipinski definition) is 1. The standard InChI is InChI=1S/C18H24N2/c1-3-20(18-11-7-8-15(2)12-18)14-17(19)13-16-9-5-4-6-10-16/h4-12,17H,3,13-14,19H2,1-2H3/t17-/m0/s1. The molecule has 0 saturated carbocycles. The van der Waals surface area contributed by atoms with Crippen LogP contribution in [0, 0.1) is 6.92 Å². The average Bonchev–Trinajstić information content (AvgIpc) is 2.46. The fraction of sp³-hybridized carbons (Fsp3) is 0.333. The van der Waals surface area contributed by atoms with Gasteiger partial charge in [-0.1, -0.05) is 42.5 Å². The molecule has 2 aromatic carbocycles. The topological polar surface area (TPSA) is 29.3 Å². The van der Waals surface area contributed by atoms with Gasteiger partial charge in [-0.05, 0) is 43.5 Å². The highest BCUT2D eigenvalue weighted by Crippen LogP contribution is 2.16. The van der Waals surface area contributed by atoms with E-state index >= 15 is 0 Å². The number of aryl methyl sites for hydroxylation is 1. The Balaban J connectivity index is 1.99. The monoisotopic (exact) mass is 268 g/mol. The van der Waals surface area contributed by atoms with Gasteiger partial charge in [0.15, 0.2) is 0 Å². The molecular weight excluding hydrogens is 244 g/mol. The normalized spacial score (nSPS) is 12.2. The van der Waals surface area contributed by atoms with E-state index in [9.17, 15) is 0 Å². The van der Waals surface area contributed by atoms with E-state index in [-0.39, 0.29) is 6.04 Å². The van der Waals surface area contributed by atoms with Crippen LogP contribution in [0.25, 0.3) is 0 Å². The first-order valence-corrected chi connectivity index (χ1v) is 7.30. The van der Waals surface area contributed by atoms with Crippen molar-refractivity contribution in [2.75, 3.05) is 18.0 Å². The Hall–Kier alpha value is -1.80. The average molecular weight is 268 g/mol. The molecule has 20 heavy (non-hydrogen) atoms. The van der Waals surface area contributed by atoms with Crippen LogP contribution in [-0.2, 0) is 6.42 Å². The van der Waals surface area contributed by atoms with Crippen molar-refractivity contribution in [1.29, 1.82) is 0 Å². The molecule has 0 aliphatic rings. The molecule has 0 heterocycles. The molecule has 0 aliphatic carbocycles. The number of nitrogens with zero attached hydrogens (tertiary/aromatic N) is 1. The third-order valence-corrected chi connectivity index (χ3v) is 3.54. The fourth-order valence-corrected chi connectivity index (χ4v) is 2.51. The Morgan fingerprint density at radius 3 is 2.45 bits per heavy atom. The van der Waals surface area contributed by atoms with Gasteiger partial charge in [0.05, 0.1) is 0 Å². The van der Waals surface area contributed by atoms with E-state index in [1.807, 2.05) is 6.07 Å². The van der Waals surface area contributed by atoms with Gasteiger partial charge in [-0.2, -0.15) is 0 Å². The molecule has 0 fully saturated rings. The predicted octanol–water partition coefficient (Wildman–Crippen LogP) is 3.39. The minimum absolute atomic E-state index is 0.151. The first-order valence-electron chi connectivity index (χ1n) is 7.30. The van der Waals surface area contributed by atoms with Gasteiger partial charge in [-0.3, -0.25) is 0 Å². The third kappa shape index (κ3) is 4.10. The molecule has 0 saturated heterocycles. The third-order valence-electron chi connectivity index (χ3n) is 3.54. The maximum atomic E-state index is 6.32. The van der Waals surface area contributed by atoms with E-state index in [0.717, 1.165) is 19.5 Å². The van der Waals surface area contributed by atoms with Crippen LogP contribution in [0.4, 0.5) is 5.69 Å². The van der Waals surface area contributed by atoms with E-state index in [2.05, 4.69) is 67.3 Å². The number of nitrogens with two attached hydrogens (primary N) is 1. The van der Waals surface area contributed by atoms with Crippen LogP contribution in [-0.4, -0.2) is 19.1 Å². The molecule has 2 rings (SSSR count). The molecule has 0 radical (unpaired) electrons. The summed E-state index contributed by atoms with van der Waals surface area (Å²) in [6, 6.07) is 19.2. The molecule has 2 heteroatoms. The van der Waals surface area contributed by atoms with Gasteiger partial charge in [0.2, 0.25) is 0 Å². The van der Waals surface area contributed by atoms with Gasteiger partial charge >= 0.3 is 0 Å². The van der Waals surface area contributed by atoms with Crippen LogP contribution in [0.3, 0.4) is 0 Å². The summed E-state index contributed by atoms with van der Waals surface area (Å²) in [6.07, 6.45) is 0.920. The van der Waals surface area contributed by atoms with Crippen molar-refractivity contribution < 1.29 is 0 Å². The Morgan fingerprint density at radius 1 is 1.05 bits per heavy atom. The molecule has 0 unspecified atom stereocenters. The van der Waals surface area contributed by atoms with Crippen LogP contribution < -0.4 is 10.6 Å². The van der Waals surface area contributed by atoms with Gasteiger partial charge in [0.1, 0.15) is 0 Å². The molecule has 0 aromatic heterocycles. The zero-order valence-corrected chi connectivity index (χ0v) is 12.4. The van der Waals surface area contributed by atoms with Crippen LogP contribution in [0.1, 0.15) is 18.1 Å². The number of rotatable bonds is 6. The molecular formula is C18H24N2. The maximum absolute atomic E-state index is 6.32. The Morgan fingerprint density at radius 2 is 1.80 bits per heavy atom. The summed E-state index contributed by atoms with van der Waals surface area (Å²) in [5, 5.41) is 0. The SMILES string of the molecule is CCN(C[C@@H](N)Cc1ccccc1)c1cccc(C)c1. The first-order chi connectivity index (χ1) is 9.69. The van der Waals surface area contributed by atoms with Crippen molar-refractivity contribution in [3.05, 3.63) is 65.7 Å². The van der Waals surface area contributed by atoms with E-state index in [0.29, 0.717) is 0 Å². The second-order valence-corrected chi connectivity index (χ2v) is 5.33. The van der Waals surface area contributed by atoms with Crippen LogP contribution in [0.15, 0.2) is 54.6 Å². The summed E-state index contributed by atoms with van der Waals surface area (Å²) in [4.78, 5) is 2.35. The van der Waals surface area contributed by atoms with E-state index in [4.69, 9.17) is 5.73 Å². The lowest BCUT2D eigenvalue weighted by atomic mass is 10.1. The smallest absolute Gasteiger partial charge is 0.0369 e. The van der Waals surface area contributed by atoms with Crippen molar-refractivity contribution in [3.8, 4) is 0 Å². The molecule has 2 aromatic rings. The van der Waals surface area contributed by atoms with Gasteiger partial charge in [-0.25, -0.2) is 0 Å². The molecule has 1 atom stereocenters. The lowest BCUT2D eigenvalue weighted by Gasteiger charge is -2.27. The lowest BCUT2D eigenvalue weighted by Crippen LogP contribution is -2.39. The number of hydrogen-bond acceptors (Lipinski definition) is 2. The second-order valence-electron chi connectivity index (χ2n) is 5.33. The minimum Gasteiger partial charge on any atom is -0.370 e. The fourth-order valence-electron chi connectivity index (χ4n) is 2.51. The molecule has 0 bridgehead atoms. The summed E-state index contributed by atoms with van der Waals surface area (Å²) >= 11 is 0. The zero-order chi connectivity index (χ0) is 14.4. The lowest BCUT2D eigenvalue weighted by molar-refractivity contribution is 0.637. The Bertz CT molecular complexity index is 522. The summed E-state index contributed by atoms with van der Waals surface area (Å²) < 4.78 is 0. The number of benzene rings is 2. The predicted molar refractivity (Wildman–Crippen MR) is 87.2 cm³/mol. The minimum atomic E-state index is 0.151. The summed E-state index contributed by atoms with van der Waals surface area (Å²) in [7, 11) is 0. The Labute approximate surface area is 122 Å². The van der Waals surface area contributed by atoms with Gasteiger partial charge in [0, 0.05) is 24.8 Å². The Kier molecular flexibility index (Phi) is 5.19. The highest BCUT2D eigenvalue weighted by Gasteiger charge is 2.10. The molecule has 2 N–H and O–H groups in total. The molecule has 0 aliphatic heterocycles. The van der Waals surface area contributed by atoms with Crippen LogP contribution >= 0.6 is 0 Å². The summed E-state index contributed by atoms with van der Waals surface area (Å²) in [5.74, 6) is 0. The summed E-state index contributed by atoms with van der Waals surface area (Å²) in [5.41, 5.74) is 10.2. The van der Waals surface area contributed by atoms with E-state index in [1.54, 1.807) is 0 Å². The van der Waals surface area contributed by atoms with E-state index in [1.165, 1.54) is 16.8 Å². The van der Waals surface area contributed by atoms with Crippen molar-refractivity contribution in [2.24, 2.45) is 5.73 Å². The molecule has 2 nitrogen and oxygen atoms in total. The van der Waals surface area contributed by atoms with Gasteiger partial charge in [0.25, 0.3) is 0 Å². The molecule has 0 spiro atoms. The largest absolute Gasteiger partial charge is 0.370 e. The maximum Gasteiger partial charge on any atom is 0.0369 e. The van der Waals surface area contributed by atoms with E-state index < -0.39 is 0 Å². The van der Waals surface area contributed by atoms with Crippen LogP contribution in [0.2, 0.25) is 0 Å². The molecule has 0 amide bonds. The second kappa shape index (κ2) is 7.11. The van der Waals surface area contributed by atoms with Crippen molar-refractivity contribution >= 4 is 5.69 Å². The first kappa shape index (κ1) is 14.6. The molecule has 106 valence electrons. The highest BCUT2D eigenvalue weighted by atomic mass is 15.1.